The Balaban J connectivity index is 1.71. The van der Waals surface area contributed by atoms with Crippen molar-refractivity contribution in [3.05, 3.63) is 57.8 Å². The predicted molar refractivity (Wildman–Crippen MR) is 90.5 cm³/mol. The van der Waals surface area contributed by atoms with Crippen molar-refractivity contribution in [3.8, 4) is 0 Å². The maximum absolute atomic E-state index is 12.6. The number of imide groups is 1. The summed E-state index contributed by atoms with van der Waals surface area (Å²) in [5.74, 6) is -0.353. The summed E-state index contributed by atoms with van der Waals surface area (Å²) < 4.78 is 0. The Hall–Kier alpha value is -2.67. The summed E-state index contributed by atoms with van der Waals surface area (Å²) in [4.78, 5) is 39.8. The van der Waals surface area contributed by atoms with E-state index >= 15 is 0 Å². The van der Waals surface area contributed by atoms with Gasteiger partial charge in [0.1, 0.15) is 0 Å². The number of carbonyl (C=O) groups excluding carboxylic acids is 3. The van der Waals surface area contributed by atoms with Gasteiger partial charge < -0.3 is 10.2 Å². The number of amides is 4. The number of benzene rings is 1. The van der Waals surface area contributed by atoms with Crippen molar-refractivity contribution in [1.82, 2.24) is 15.1 Å². The first-order chi connectivity index (χ1) is 11.5. The molecule has 1 aliphatic heterocycles. The first-order valence-corrected chi connectivity index (χ1v) is 8.37. The molecule has 6 nitrogen and oxygen atoms in total. The van der Waals surface area contributed by atoms with E-state index in [1.165, 1.54) is 0 Å². The fourth-order valence-electron chi connectivity index (χ4n) is 2.53. The lowest BCUT2D eigenvalue weighted by atomic mass is 10.1. The van der Waals surface area contributed by atoms with Crippen LogP contribution in [-0.4, -0.2) is 41.2 Å². The Morgan fingerprint density at radius 1 is 1.29 bits per heavy atom. The van der Waals surface area contributed by atoms with Crippen LogP contribution in [0.1, 0.15) is 20.8 Å². The maximum Gasteiger partial charge on any atom is 0.324 e. The van der Waals surface area contributed by atoms with E-state index in [-0.39, 0.29) is 24.9 Å². The number of hydrogen-bond donors (Lipinski definition) is 1. The first-order valence-electron chi connectivity index (χ1n) is 7.49. The van der Waals surface area contributed by atoms with Gasteiger partial charge in [-0.15, -0.1) is 11.3 Å². The van der Waals surface area contributed by atoms with Crippen LogP contribution in [0.4, 0.5) is 4.79 Å². The van der Waals surface area contributed by atoms with E-state index in [2.05, 4.69) is 5.32 Å². The number of carbonyl (C=O) groups is 3. The second-order valence-corrected chi connectivity index (χ2v) is 6.61. The third-order valence-electron chi connectivity index (χ3n) is 3.77. The van der Waals surface area contributed by atoms with Gasteiger partial charge in [0.2, 0.25) is 5.91 Å². The van der Waals surface area contributed by atoms with Gasteiger partial charge in [0.15, 0.2) is 0 Å². The van der Waals surface area contributed by atoms with Gasteiger partial charge in [0, 0.05) is 17.5 Å². The van der Waals surface area contributed by atoms with Gasteiger partial charge in [-0.2, -0.15) is 0 Å². The standard InChI is InChI=1S/C17H17N3O3S/c1-19(11-14-6-3-7-24-14)16(22)13-5-2-4-12(8-13)10-20-15(21)9-18-17(20)23/h2-8H,9-11H2,1H3,(H,18,23). The first kappa shape index (κ1) is 16.2. The Morgan fingerprint density at radius 2 is 2.12 bits per heavy atom. The molecule has 1 aromatic carbocycles. The van der Waals surface area contributed by atoms with Crippen LogP contribution in [0.15, 0.2) is 41.8 Å². The number of thiophene rings is 1. The molecule has 2 aromatic rings. The van der Waals surface area contributed by atoms with Crippen molar-refractivity contribution in [2.45, 2.75) is 13.1 Å². The molecule has 2 heterocycles. The average molecular weight is 343 g/mol. The zero-order valence-corrected chi connectivity index (χ0v) is 14.0. The maximum atomic E-state index is 12.6. The van der Waals surface area contributed by atoms with E-state index in [9.17, 15) is 14.4 Å². The van der Waals surface area contributed by atoms with Crippen LogP contribution in [-0.2, 0) is 17.9 Å². The van der Waals surface area contributed by atoms with E-state index in [1.54, 1.807) is 47.5 Å². The summed E-state index contributed by atoms with van der Waals surface area (Å²) in [6.07, 6.45) is 0. The van der Waals surface area contributed by atoms with Gasteiger partial charge in [-0.3, -0.25) is 14.5 Å². The molecule has 1 N–H and O–H groups in total. The Morgan fingerprint density at radius 3 is 2.79 bits per heavy atom. The van der Waals surface area contributed by atoms with Crippen molar-refractivity contribution < 1.29 is 14.4 Å². The summed E-state index contributed by atoms with van der Waals surface area (Å²) in [6.45, 7) is 0.745. The monoisotopic (exact) mass is 343 g/mol. The van der Waals surface area contributed by atoms with Crippen molar-refractivity contribution in [1.29, 1.82) is 0 Å². The van der Waals surface area contributed by atoms with Gasteiger partial charge in [0.25, 0.3) is 5.91 Å². The smallest absolute Gasteiger partial charge is 0.324 e. The Bertz CT molecular complexity index is 757. The summed E-state index contributed by atoms with van der Waals surface area (Å²) in [7, 11) is 1.76. The number of hydrogen-bond acceptors (Lipinski definition) is 4. The molecule has 1 fully saturated rings. The van der Waals surface area contributed by atoms with Crippen LogP contribution in [0.25, 0.3) is 0 Å². The van der Waals surface area contributed by atoms with E-state index in [1.807, 2.05) is 17.5 Å². The zero-order chi connectivity index (χ0) is 17.1. The summed E-state index contributed by atoms with van der Waals surface area (Å²) in [5.41, 5.74) is 1.29. The molecule has 0 spiro atoms. The molecule has 1 aromatic heterocycles. The third kappa shape index (κ3) is 3.46. The average Bonchev–Trinajstić information content (AvgIpc) is 3.19. The molecular weight excluding hydrogens is 326 g/mol. The van der Waals surface area contributed by atoms with Crippen LogP contribution in [0.3, 0.4) is 0 Å². The van der Waals surface area contributed by atoms with E-state index in [4.69, 9.17) is 0 Å². The molecule has 0 atom stereocenters. The van der Waals surface area contributed by atoms with Crippen molar-refractivity contribution in [2.75, 3.05) is 13.6 Å². The highest BCUT2D eigenvalue weighted by Gasteiger charge is 2.28. The lowest BCUT2D eigenvalue weighted by Crippen LogP contribution is -2.30. The minimum absolute atomic E-state index is 0.0288. The van der Waals surface area contributed by atoms with Gasteiger partial charge in [-0.25, -0.2) is 4.79 Å². The fraction of sp³-hybridized carbons (Fsp3) is 0.235. The lowest BCUT2D eigenvalue weighted by Gasteiger charge is -2.17. The lowest BCUT2D eigenvalue weighted by molar-refractivity contribution is -0.125. The van der Waals surface area contributed by atoms with Crippen molar-refractivity contribution in [3.63, 3.8) is 0 Å². The summed E-state index contributed by atoms with van der Waals surface area (Å²) in [5, 5.41) is 4.46. The summed E-state index contributed by atoms with van der Waals surface area (Å²) in [6, 6.07) is 10.6. The molecule has 1 aliphatic rings. The highest BCUT2D eigenvalue weighted by atomic mass is 32.1. The number of nitrogens with one attached hydrogen (secondary N) is 1. The van der Waals surface area contributed by atoms with Crippen LogP contribution >= 0.6 is 11.3 Å². The van der Waals surface area contributed by atoms with Gasteiger partial charge >= 0.3 is 6.03 Å². The van der Waals surface area contributed by atoms with Crippen molar-refractivity contribution in [2.24, 2.45) is 0 Å². The molecule has 0 aliphatic carbocycles. The molecule has 24 heavy (non-hydrogen) atoms. The molecule has 0 saturated carbocycles. The predicted octanol–water partition coefficient (Wildman–Crippen LogP) is 2.07. The van der Waals surface area contributed by atoms with Crippen molar-refractivity contribution >= 4 is 29.2 Å². The minimum Gasteiger partial charge on any atom is -0.337 e. The van der Waals surface area contributed by atoms with Gasteiger partial charge in [-0.05, 0) is 29.1 Å². The van der Waals surface area contributed by atoms with Crippen LogP contribution in [0, 0.1) is 0 Å². The summed E-state index contributed by atoms with van der Waals surface area (Å²) >= 11 is 1.61. The second-order valence-electron chi connectivity index (χ2n) is 5.58. The van der Waals surface area contributed by atoms with E-state index in [0.717, 1.165) is 15.3 Å². The Labute approximate surface area is 143 Å². The number of urea groups is 1. The molecular formula is C17H17N3O3S. The zero-order valence-electron chi connectivity index (χ0n) is 13.2. The quantitative estimate of drug-likeness (QED) is 0.845. The highest BCUT2D eigenvalue weighted by Crippen LogP contribution is 2.15. The molecule has 4 amide bonds. The molecule has 0 unspecified atom stereocenters. The molecule has 0 radical (unpaired) electrons. The largest absolute Gasteiger partial charge is 0.337 e. The SMILES string of the molecule is CN(Cc1cccs1)C(=O)c1cccc(CN2C(=O)CNC2=O)c1. The topological polar surface area (TPSA) is 69.7 Å². The van der Waals surface area contributed by atoms with E-state index < -0.39 is 6.03 Å². The van der Waals surface area contributed by atoms with E-state index in [0.29, 0.717) is 12.1 Å². The highest BCUT2D eigenvalue weighted by molar-refractivity contribution is 7.09. The van der Waals surface area contributed by atoms with Gasteiger partial charge in [0.05, 0.1) is 19.6 Å². The molecule has 0 bridgehead atoms. The number of nitrogens with zero attached hydrogens (tertiary/aromatic N) is 2. The molecule has 7 heteroatoms. The van der Waals surface area contributed by atoms with Crippen LogP contribution in [0.2, 0.25) is 0 Å². The minimum atomic E-state index is -0.397. The molecule has 124 valence electrons. The van der Waals surface area contributed by atoms with Crippen LogP contribution in [0.5, 0.6) is 0 Å². The molecule has 3 rings (SSSR count). The van der Waals surface area contributed by atoms with Crippen LogP contribution < -0.4 is 5.32 Å². The fourth-order valence-corrected chi connectivity index (χ4v) is 3.29. The third-order valence-corrected chi connectivity index (χ3v) is 4.63. The molecule has 1 saturated heterocycles. The number of rotatable bonds is 5. The normalized spacial score (nSPS) is 14.0. The van der Waals surface area contributed by atoms with Gasteiger partial charge in [-0.1, -0.05) is 18.2 Å². The second kappa shape index (κ2) is 6.84. The Kier molecular flexibility index (Phi) is 4.61.